The van der Waals surface area contributed by atoms with Gasteiger partial charge in [0.1, 0.15) is 5.75 Å². The number of para-hydroxylation sites is 1. The van der Waals surface area contributed by atoms with Crippen molar-refractivity contribution in [2.24, 2.45) is 4.99 Å². The largest absolute Gasteiger partial charge is 0.496 e. The van der Waals surface area contributed by atoms with Crippen LogP contribution in [0.15, 0.2) is 29.3 Å². The molecule has 6 heteroatoms. The van der Waals surface area contributed by atoms with Gasteiger partial charge in [0, 0.05) is 33.4 Å². The summed E-state index contributed by atoms with van der Waals surface area (Å²) < 4.78 is 10.6. The predicted molar refractivity (Wildman–Crippen MR) is 103 cm³/mol. The lowest BCUT2D eigenvalue weighted by Crippen LogP contribution is -2.39. The third-order valence-corrected chi connectivity index (χ3v) is 3.06. The van der Waals surface area contributed by atoms with Crippen LogP contribution >= 0.6 is 24.0 Å². The normalized spacial score (nSPS) is 10.8. The monoisotopic (exact) mass is 421 g/mol. The van der Waals surface area contributed by atoms with E-state index >= 15 is 0 Å². The van der Waals surface area contributed by atoms with Crippen LogP contribution in [0.5, 0.6) is 5.75 Å². The second-order valence-corrected chi connectivity index (χ2v) is 4.54. The van der Waals surface area contributed by atoms with E-state index in [-0.39, 0.29) is 24.0 Å². The van der Waals surface area contributed by atoms with E-state index < -0.39 is 0 Å². The van der Waals surface area contributed by atoms with E-state index in [4.69, 9.17) is 9.47 Å². The maximum atomic E-state index is 5.34. The Hall–Kier alpha value is -1.02. The SMILES string of the molecule is CCOCCCNC(=NC)NCCc1ccccc1OC.I. The van der Waals surface area contributed by atoms with Crippen LogP contribution in [0.1, 0.15) is 18.9 Å². The molecule has 0 radical (unpaired) electrons. The third-order valence-electron chi connectivity index (χ3n) is 3.06. The van der Waals surface area contributed by atoms with Gasteiger partial charge in [-0.3, -0.25) is 4.99 Å². The fraction of sp³-hybridized carbons (Fsp3) is 0.562. The van der Waals surface area contributed by atoms with Gasteiger partial charge in [-0.05, 0) is 31.4 Å². The van der Waals surface area contributed by atoms with E-state index in [0.717, 1.165) is 50.9 Å². The molecule has 1 rings (SSSR count). The van der Waals surface area contributed by atoms with E-state index in [9.17, 15) is 0 Å². The van der Waals surface area contributed by atoms with Gasteiger partial charge in [-0.1, -0.05) is 18.2 Å². The first-order valence-corrected chi connectivity index (χ1v) is 7.46. The van der Waals surface area contributed by atoms with E-state index in [2.05, 4.69) is 21.7 Å². The van der Waals surface area contributed by atoms with Gasteiger partial charge in [0.25, 0.3) is 0 Å². The molecule has 0 fully saturated rings. The van der Waals surface area contributed by atoms with Crippen LogP contribution in [-0.4, -0.2) is 46.4 Å². The number of methoxy groups -OCH3 is 1. The molecule has 0 unspecified atom stereocenters. The van der Waals surface area contributed by atoms with Gasteiger partial charge in [-0.15, -0.1) is 24.0 Å². The zero-order valence-corrected chi connectivity index (χ0v) is 16.1. The molecule has 0 saturated carbocycles. The lowest BCUT2D eigenvalue weighted by atomic mass is 10.1. The fourth-order valence-electron chi connectivity index (χ4n) is 1.97. The highest BCUT2D eigenvalue weighted by molar-refractivity contribution is 14.0. The van der Waals surface area contributed by atoms with Crippen molar-refractivity contribution in [2.45, 2.75) is 19.8 Å². The number of hydrogen-bond acceptors (Lipinski definition) is 3. The Bertz CT molecular complexity index is 428. The Morgan fingerprint density at radius 3 is 2.59 bits per heavy atom. The maximum absolute atomic E-state index is 5.34. The highest BCUT2D eigenvalue weighted by atomic mass is 127. The molecule has 22 heavy (non-hydrogen) atoms. The molecule has 0 spiro atoms. The van der Waals surface area contributed by atoms with E-state index in [1.807, 2.05) is 25.1 Å². The Morgan fingerprint density at radius 2 is 1.91 bits per heavy atom. The summed E-state index contributed by atoms with van der Waals surface area (Å²) in [6.45, 7) is 5.22. The molecule has 0 aromatic heterocycles. The first kappa shape index (κ1) is 21.0. The van der Waals surface area contributed by atoms with Crippen molar-refractivity contribution in [3.8, 4) is 5.75 Å². The van der Waals surface area contributed by atoms with E-state index in [0.29, 0.717) is 0 Å². The number of guanidine groups is 1. The number of nitrogens with one attached hydrogen (secondary N) is 2. The predicted octanol–water partition coefficient (Wildman–Crippen LogP) is 2.45. The Morgan fingerprint density at radius 1 is 1.18 bits per heavy atom. The van der Waals surface area contributed by atoms with Crippen LogP contribution in [0.25, 0.3) is 0 Å². The topological polar surface area (TPSA) is 54.9 Å². The quantitative estimate of drug-likeness (QED) is 0.279. The Labute approximate surface area is 150 Å². The van der Waals surface area contributed by atoms with Crippen LogP contribution in [0.2, 0.25) is 0 Å². The molecule has 126 valence electrons. The summed E-state index contributed by atoms with van der Waals surface area (Å²) in [4.78, 5) is 4.20. The first-order chi connectivity index (χ1) is 10.3. The van der Waals surface area contributed by atoms with Crippen LogP contribution in [0.4, 0.5) is 0 Å². The number of rotatable bonds is 9. The molecule has 0 atom stereocenters. The number of nitrogens with zero attached hydrogens (tertiary/aromatic N) is 1. The summed E-state index contributed by atoms with van der Waals surface area (Å²) in [7, 11) is 3.48. The minimum Gasteiger partial charge on any atom is -0.496 e. The van der Waals surface area contributed by atoms with Gasteiger partial charge in [-0.2, -0.15) is 0 Å². The van der Waals surface area contributed by atoms with Crippen molar-refractivity contribution in [3.63, 3.8) is 0 Å². The molecular weight excluding hydrogens is 393 g/mol. The molecule has 0 aliphatic heterocycles. The molecule has 0 aliphatic carbocycles. The van der Waals surface area contributed by atoms with Gasteiger partial charge >= 0.3 is 0 Å². The van der Waals surface area contributed by atoms with E-state index in [1.54, 1.807) is 14.2 Å². The van der Waals surface area contributed by atoms with Crippen LogP contribution in [0.3, 0.4) is 0 Å². The average molecular weight is 421 g/mol. The standard InChI is InChI=1S/C16H27N3O2.HI/c1-4-21-13-7-11-18-16(17-2)19-12-10-14-8-5-6-9-15(14)20-3;/h5-6,8-9H,4,7,10-13H2,1-3H3,(H2,17,18,19);1H. The molecule has 0 bridgehead atoms. The molecule has 0 aliphatic rings. The molecule has 1 aromatic rings. The third kappa shape index (κ3) is 8.43. The smallest absolute Gasteiger partial charge is 0.190 e. The summed E-state index contributed by atoms with van der Waals surface area (Å²) in [5, 5.41) is 6.57. The maximum Gasteiger partial charge on any atom is 0.190 e. The summed E-state index contributed by atoms with van der Waals surface area (Å²) in [6.07, 6.45) is 1.87. The van der Waals surface area contributed by atoms with Crippen molar-refractivity contribution in [1.29, 1.82) is 0 Å². The number of hydrogen-bond donors (Lipinski definition) is 2. The van der Waals surface area contributed by atoms with Gasteiger partial charge in [0.2, 0.25) is 0 Å². The molecule has 0 saturated heterocycles. The number of aliphatic imine (C=N–C) groups is 1. The van der Waals surface area contributed by atoms with Crippen LogP contribution < -0.4 is 15.4 Å². The molecule has 1 aromatic carbocycles. The van der Waals surface area contributed by atoms with Crippen molar-refractivity contribution in [1.82, 2.24) is 10.6 Å². The van der Waals surface area contributed by atoms with Crippen molar-refractivity contribution in [3.05, 3.63) is 29.8 Å². The second-order valence-electron chi connectivity index (χ2n) is 4.54. The van der Waals surface area contributed by atoms with Crippen LogP contribution in [0, 0.1) is 0 Å². The van der Waals surface area contributed by atoms with Gasteiger partial charge in [0.15, 0.2) is 5.96 Å². The zero-order chi connectivity index (χ0) is 15.3. The summed E-state index contributed by atoms with van der Waals surface area (Å²) in [5.41, 5.74) is 1.19. The second kappa shape index (κ2) is 13.6. The first-order valence-electron chi connectivity index (χ1n) is 7.46. The number of benzene rings is 1. The molecule has 5 nitrogen and oxygen atoms in total. The van der Waals surface area contributed by atoms with Gasteiger partial charge in [0.05, 0.1) is 7.11 Å². The van der Waals surface area contributed by atoms with Crippen molar-refractivity contribution < 1.29 is 9.47 Å². The summed E-state index contributed by atoms with van der Waals surface area (Å²) >= 11 is 0. The van der Waals surface area contributed by atoms with Crippen molar-refractivity contribution >= 4 is 29.9 Å². The highest BCUT2D eigenvalue weighted by Gasteiger charge is 2.02. The van der Waals surface area contributed by atoms with Crippen LogP contribution in [-0.2, 0) is 11.2 Å². The minimum atomic E-state index is 0. The lowest BCUT2D eigenvalue weighted by Gasteiger charge is -2.13. The summed E-state index contributed by atoms with van der Waals surface area (Å²) in [6, 6.07) is 8.07. The molecule has 0 amide bonds. The fourth-order valence-corrected chi connectivity index (χ4v) is 1.97. The molecule has 2 N–H and O–H groups in total. The summed E-state index contributed by atoms with van der Waals surface area (Å²) in [5.74, 6) is 1.75. The Kier molecular flexibility index (Phi) is 13.0. The number of halogens is 1. The molecule has 0 heterocycles. The zero-order valence-electron chi connectivity index (χ0n) is 13.7. The highest BCUT2D eigenvalue weighted by Crippen LogP contribution is 2.17. The average Bonchev–Trinajstić information content (AvgIpc) is 2.53. The molecular formula is C16H28IN3O2. The van der Waals surface area contributed by atoms with E-state index in [1.165, 1.54) is 5.56 Å². The number of ether oxygens (including phenoxy) is 2. The Balaban J connectivity index is 0.00000441. The van der Waals surface area contributed by atoms with Crippen molar-refractivity contribution in [2.75, 3.05) is 40.5 Å². The minimum absolute atomic E-state index is 0. The van der Waals surface area contributed by atoms with Gasteiger partial charge < -0.3 is 20.1 Å². The lowest BCUT2D eigenvalue weighted by molar-refractivity contribution is 0.145. The van der Waals surface area contributed by atoms with Gasteiger partial charge in [-0.25, -0.2) is 0 Å².